The molecule has 21 heavy (non-hydrogen) atoms. The molecule has 0 aliphatic carbocycles. The van der Waals surface area contributed by atoms with E-state index in [2.05, 4.69) is 4.98 Å². The zero-order valence-corrected chi connectivity index (χ0v) is 12.8. The lowest BCUT2D eigenvalue weighted by atomic mass is 10.1. The molecule has 2 amide bonds. The summed E-state index contributed by atoms with van der Waals surface area (Å²) in [5.41, 5.74) is 7.08. The van der Waals surface area contributed by atoms with Crippen LogP contribution in [0.4, 0.5) is 5.82 Å². The molecule has 0 aromatic carbocycles. The fourth-order valence-electron chi connectivity index (χ4n) is 2.34. The minimum atomic E-state index is -0.158. The van der Waals surface area contributed by atoms with E-state index >= 15 is 0 Å². The van der Waals surface area contributed by atoms with Crippen LogP contribution in [0, 0.1) is 0 Å². The maximum Gasteiger partial charge on any atom is 0.254 e. The molecule has 1 aliphatic heterocycles. The Hall–Kier alpha value is -2.11. The van der Waals surface area contributed by atoms with Gasteiger partial charge in [-0.1, -0.05) is 13.8 Å². The fourth-order valence-corrected chi connectivity index (χ4v) is 2.34. The van der Waals surface area contributed by atoms with Crippen molar-refractivity contribution in [3.63, 3.8) is 0 Å². The number of likely N-dealkylation sites (N-methyl/N-ethyl adjacent to an activating group) is 1. The quantitative estimate of drug-likeness (QED) is 0.884. The van der Waals surface area contributed by atoms with Crippen molar-refractivity contribution in [2.75, 3.05) is 32.4 Å². The summed E-state index contributed by atoms with van der Waals surface area (Å²) in [6.45, 7) is 5.38. The minimum absolute atomic E-state index is 0.0352. The molecule has 1 saturated heterocycles. The smallest absolute Gasteiger partial charge is 0.254 e. The lowest BCUT2D eigenvalue weighted by molar-refractivity contribution is -0.129. The molecule has 1 aromatic rings. The number of aromatic nitrogens is 1. The first-order valence-corrected chi connectivity index (χ1v) is 7.19. The average Bonchev–Trinajstić information content (AvgIpc) is 2.59. The summed E-state index contributed by atoms with van der Waals surface area (Å²) in [6.07, 6.45) is 0.783. The molecular weight excluding hydrogens is 268 g/mol. The third-order valence-corrected chi connectivity index (χ3v) is 3.66. The lowest BCUT2D eigenvalue weighted by Crippen LogP contribution is -2.38. The first-order valence-electron chi connectivity index (χ1n) is 7.19. The average molecular weight is 290 g/mol. The van der Waals surface area contributed by atoms with Crippen LogP contribution in [0.2, 0.25) is 0 Å². The Kier molecular flexibility index (Phi) is 4.45. The van der Waals surface area contributed by atoms with E-state index in [0.717, 1.165) is 12.1 Å². The second-order valence-electron chi connectivity index (χ2n) is 5.76. The van der Waals surface area contributed by atoms with Crippen LogP contribution in [0.25, 0.3) is 0 Å². The number of carbonyl (C=O) groups excluding carboxylic acids is 2. The van der Waals surface area contributed by atoms with Gasteiger partial charge in [0.05, 0.1) is 0 Å². The first kappa shape index (κ1) is 15.3. The van der Waals surface area contributed by atoms with E-state index in [1.807, 2.05) is 13.8 Å². The summed E-state index contributed by atoms with van der Waals surface area (Å²) in [4.78, 5) is 32.0. The first-order chi connectivity index (χ1) is 9.88. The van der Waals surface area contributed by atoms with Gasteiger partial charge in [-0.3, -0.25) is 9.59 Å². The van der Waals surface area contributed by atoms with Gasteiger partial charge in [0, 0.05) is 31.4 Å². The van der Waals surface area contributed by atoms with Crippen molar-refractivity contribution in [1.29, 1.82) is 0 Å². The van der Waals surface area contributed by atoms with Gasteiger partial charge in [-0.15, -0.1) is 0 Å². The van der Waals surface area contributed by atoms with Crippen LogP contribution in [0.3, 0.4) is 0 Å². The summed E-state index contributed by atoms with van der Waals surface area (Å²) in [7, 11) is 1.76. The highest BCUT2D eigenvalue weighted by atomic mass is 16.2. The van der Waals surface area contributed by atoms with Gasteiger partial charge >= 0.3 is 0 Å². The second-order valence-corrected chi connectivity index (χ2v) is 5.76. The number of hydrogen-bond acceptors (Lipinski definition) is 4. The number of anilines is 1. The van der Waals surface area contributed by atoms with Crippen LogP contribution in [0.15, 0.2) is 12.1 Å². The molecule has 0 spiro atoms. The van der Waals surface area contributed by atoms with Crippen molar-refractivity contribution in [2.45, 2.75) is 26.2 Å². The number of nitrogens with zero attached hydrogens (tertiary/aromatic N) is 3. The van der Waals surface area contributed by atoms with Crippen molar-refractivity contribution in [3.05, 3.63) is 23.4 Å². The van der Waals surface area contributed by atoms with Crippen molar-refractivity contribution in [3.8, 4) is 0 Å². The van der Waals surface area contributed by atoms with Crippen molar-refractivity contribution < 1.29 is 9.59 Å². The second kappa shape index (κ2) is 6.11. The van der Waals surface area contributed by atoms with Gasteiger partial charge in [0.15, 0.2) is 0 Å². The molecule has 0 bridgehead atoms. The predicted octanol–water partition coefficient (Wildman–Crippen LogP) is 1.09. The minimum Gasteiger partial charge on any atom is -0.384 e. The van der Waals surface area contributed by atoms with Crippen LogP contribution in [-0.2, 0) is 4.79 Å². The zero-order chi connectivity index (χ0) is 15.6. The van der Waals surface area contributed by atoms with E-state index in [-0.39, 0.29) is 24.3 Å². The molecule has 1 aliphatic rings. The van der Waals surface area contributed by atoms with Gasteiger partial charge in [-0.2, -0.15) is 0 Å². The number of rotatable bonds is 2. The Morgan fingerprint density at radius 3 is 2.71 bits per heavy atom. The van der Waals surface area contributed by atoms with E-state index in [0.29, 0.717) is 24.5 Å². The molecule has 1 fully saturated rings. The highest BCUT2D eigenvalue weighted by Crippen LogP contribution is 2.18. The third-order valence-electron chi connectivity index (χ3n) is 3.66. The summed E-state index contributed by atoms with van der Waals surface area (Å²) in [5.74, 6) is 0.335. The van der Waals surface area contributed by atoms with Crippen LogP contribution in [0.5, 0.6) is 0 Å². The molecule has 1 aromatic heterocycles. The fraction of sp³-hybridized carbons (Fsp3) is 0.533. The van der Waals surface area contributed by atoms with Gasteiger partial charge in [0.1, 0.15) is 12.4 Å². The van der Waals surface area contributed by atoms with Gasteiger partial charge in [0.25, 0.3) is 5.91 Å². The Balaban J connectivity index is 2.25. The molecule has 2 heterocycles. The standard InChI is InChI=1S/C15H22N4O2/c1-10(2)12-7-11(8-13(16)17-12)15(21)19-6-4-5-18(3)14(20)9-19/h7-8,10H,4-6,9H2,1-3H3,(H2,16,17). The Bertz CT molecular complexity index is 557. The van der Waals surface area contributed by atoms with Crippen LogP contribution < -0.4 is 5.73 Å². The molecule has 114 valence electrons. The Morgan fingerprint density at radius 2 is 2.05 bits per heavy atom. The maximum absolute atomic E-state index is 12.6. The highest BCUT2D eigenvalue weighted by molar-refractivity contribution is 5.97. The number of hydrogen-bond donors (Lipinski definition) is 1. The molecule has 0 saturated carbocycles. The predicted molar refractivity (Wildman–Crippen MR) is 80.9 cm³/mol. The normalized spacial score (nSPS) is 16.3. The van der Waals surface area contributed by atoms with Gasteiger partial charge < -0.3 is 15.5 Å². The Labute approximate surface area is 124 Å². The number of nitrogens with two attached hydrogens (primary N) is 1. The molecule has 2 rings (SSSR count). The van der Waals surface area contributed by atoms with Crippen LogP contribution in [-0.4, -0.2) is 53.3 Å². The topological polar surface area (TPSA) is 79.5 Å². The summed E-state index contributed by atoms with van der Waals surface area (Å²) in [6, 6.07) is 3.34. The van der Waals surface area contributed by atoms with Gasteiger partial charge in [-0.25, -0.2) is 4.98 Å². The lowest BCUT2D eigenvalue weighted by Gasteiger charge is -2.20. The number of nitrogen functional groups attached to an aromatic ring is 1. The molecular formula is C15H22N4O2. The molecule has 6 heteroatoms. The van der Waals surface area contributed by atoms with Gasteiger partial charge in [0.2, 0.25) is 5.91 Å². The largest absolute Gasteiger partial charge is 0.384 e. The van der Waals surface area contributed by atoms with E-state index in [4.69, 9.17) is 5.73 Å². The molecule has 0 radical (unpaired) electrons. The van der Waals surface area contributed by atoms with Crippen molar-refractivity contribution >= 4 is 17.6 Å². The van der Waals surface area contributed by atoms with E-state index < -0.39 is 0 Å². The summed E-state index contributed by atoms with van der Waals surface area (Å²) in [5, 5.41) is 0. The summed E-state index contributed by atoms with van der Waals surface area (Å²) >= 11 is 0. The highest BCUT2D eigenvalue weighted by Gasteiger charge is 2.24. The van der Waals surface area contributed by atoms with Crippen molar-refractivity contribution in [2.24, 2.45) is 0 Å². The van der Waals surface area contributed by atoms with Gasteiger partial charge in [-0.05, 0) is 24.5 Å². The van der Waals surface area contributed by atoms with E-state index in [1.165, 1.54) is 0 Å². The molecule has 2 N–H and O–H groups in total. The van der Waals surface area contributed by atoms with Crippen molar-refractivity contribution in [1.82, 2.24) is 14.8 Å². The number of pyridine rings is 1. The third kappa shape index (κ3) is 3.51. The number of amides is 2. The summed E-state index contributed by atoms with van der Waals surface area (Å²) < 4.78 is 0. The Morgan fingerprint density at radius 1 is 1.33 bits per heavy atom. The monoisotopic (exact) mass is 290 g/mol. The van der Waals surface area contributed by atoms with E-state index in [9.17, 15) is 9.59 Å². The molecule has 6 nitrogen and oxygen atoms in total. The van der Waals surface area contributed by atoms with Crippen LogP contribution in [0.1, 0.15) is 42.2 Å². The van der Waals surface area contributed by atoms with Crippen LogP contribution >= 0.6 is 0 Å². The van der Waals surface area contributed by atoms with E-state index in [1.54, 1.807) is 29.0 Å². The molecule has 0 unspecified atom stereocenters. The maximum atomic E-state index is 12.6. The zero-order valence-electron chi connectivity index (χ0n) is 12.8. The number of carbonyl (C=O) groups is 2. The SMILES string of the molecule is CC(C)c1cc(C(=O)N2CCCN(C)C(=O)C2)cc(N)n1. The molecule has 0 atom stereocenters.